The van der Waals surface area contributed by atoms with E-state index in [-0.39, 0.29) is 17.8 Å². The molecule has 1 saturated heterocycles. The van der Waals surface area contributed by atoms with Crippen LogP contribution in [0.25, 0.3) is 22.0 Å². The molecule has 3 heterocycles. The van der Waals surface area contributed by atoms with Gasteiger partial charge in [0.25, 0.3) is 5.91 Å². The van der Waals surface area contributed by atoms with Crippen molar-refractivity contribution in [3.05, 3.63) is 78.4 Å². The highest BCUT2D eigenvalue weighted by Crippen LogP contribution is 2.38. The van der Waals surface area contributed by atoms with Gasteiger partial charge in [-0.1, -0.05) is 18.1 Å². The van der Waals surface area contributed by atoms with E-state index < -0.39 is 11.7 Å². The Bertz CT molecular complexity index is 1520. The van der Waals surface area contributed by atoms with E-state index in [0.717, 1.165) is 58.8 Å². The SMILES string of the molecule is CC#CC(=O)N1CCCC1c1cc(-c2ccc(Oc3cc(C(F)(F)F)ccn3)cc2)cc2cncnc12. The molecule has 5 rings (SSSR count). The molecular weight excluding hydrogens is 481 g/mol. The van der Waals surface area contributed by atoms with Crippen LogP contribution in [0.5, 0.6) is 11.6 Å². The van der Waals surface area contributed by atoms with Crippen LogP contribution in [-0.4, -0.2) is 32.3 Å². The van der Waals surface area contributed by atoms with E-state index >= 15 is 0 Å². The number of hydrogen-bond acceptors (Lipinski definition) is 5. The predicted octanol–water partition coefficient (Wildman–Crippen LogP) is 6.19. The van der Waals surface area contributed by atoms with Gasteiger partial charge in [0.05, 0.1) is 17.1 Å². The average molecular weight is 502 g/mol. The van der Waals surface area contributed by atoms with Crippen molar-refractivity contribution in [2.24, 2.45) is 0 Å². The maximum absolute atomic E-state index is 13.0. The van der Waals surface area contributed by atoms with Gasteiger partial charge in [0, 0.05) is 36.0 Å². The maximum atomic E-state index is 13.0. The number of carbonyl (C=O) groups is 1. The molecule has 1 atom stereocenters. The molecule has 2 aromatic carbocycles. The fourth-order valence-electron chi connectivity index (χ4n) is 4.54. The summed E-state index contributed by atoms with van der Waals surface area (Å²) < 4.78 is 44.5. The van der Waals surface area contributed by atoms with Crippen LogP contribution in [0.3, 0.4) is 0 Å². The quantitative estimate of drug-likeness (QED) is 0.311. The first-order valence-electron chi connectivity index (χ1n) is 11.6. The van der Waals surface area contributed by atoms with E-state index in [1.807, 2.05) is 24.3 Å². The molecule has 1 unspecified atom stereocenters. The molecule has 1 amide bonds. The molecule has 0 bridgehead atoms. The second-order valence-electron chi connectivity index (χ2n) is 8.56. The van der Waals surface area contributed by atoms with Gasteiger partial charge >= 0.3 is 6.18 Å². The Balaban J connectivity index is 1.47. The Morgan fingerprint density at radius 2 is 1.89 bits per heavy atom. The Morgan fingerprint density at radius 1 is 1.08 bits per heavy atom. The third-order valence-electron chi connectivity index (χ3n) is 6.21. The summed E-state index contributed by atoms with van der Waals surface area (Å²) in [7, 11) is 0. The highest BCUT2D eigenvalue weighted by Gasteiger charge is 2.32. The summed E-state index contributed by atoms with van der Waals surface area (Å²) in [5.74, 6) is 5.33. The minimum Gasteiger partial charge on any atom is -0.439 e. The first-order chi connectivity index (χ1) is 17.8. The average Bonchev–Trinajstić information content (AvgIpc) is 3.38. The number of likely N-dealkylation sites (tertiary alicyclic amines) is 1. The van der Waals surface area contributed by atoms with Crippen molar-refractivity contribution >= 4 is 16.8 Å². The Hall–Kier alpha value is -4.45. The van der Waals surface area contributed by atoms with Crippen LogP contribution in [0.2, 0.25) is 0 Å². The summed E-state index contributed by atoms with van der Waals surface area (Å²) >= 11 is 0. The number of carbonyl (C=O) groups excluding carboxylic acids is 1. The number of fused-ring (bicyclic) bond motifs is 1. The lowest BCUT2D eigenvalue weighted by molar-refractivity contribution is -0.137. The highest BCUT2D eigenvalue weighted by atomic mass is 19.4. The van der Waals surface area contributed by atoms with E-state index in [9.17, 15) is 18.0 Å². The fraction of sp³-hybridized carbons (Fsp3) is 0.214. The molecule has 186 valence electrons. The number of amides is 1. The van der Waals surface area contributed by atoms with Crippen LogP contribution in [-0.2, 0) is 11.0 Å². The van der Waals surface area contributed by atoms with Crippen molar-refractivity contribution in [3.63, 3.8) is 0 Å². The number of hydrogen-bond donors (Lipinski definition) is 0. The summed E-state index contributed by atoms with van der Waals surface area (Å²) in [4.78, 5) is 26.9. The monoisotopic (exact) mass is 502 g/mol. The van der Waals surface area contributed by atoms with Gasteiger partial charge in [-0.2, -0.15) is 13.2 Å². The predicted molar refractivity (Wildman–Crippen MR) is 131 cm³/mol. The van der Waals surface area contributed by atoms with Crippen molar-refractivity contribution < 1.29 is 22.7 Å². The molecular formula is C28H21F3N4O2. The van der Waals surface area contributed by atoms with Gasteiger partial charge in [0.15, 0.2) is 0 Å². The van der Waals surface area contributed by atoms with Gasteiger partial charge in [-0.3, -0.25) is 4.79 Å². The molecule has 2 aromatic heterocycles. The van der Waals surface area contributed by atoms with E-state index in [1.165, 1.54) is 6.33 Å². The van der Waals surface area contributed by atoms with Crippen LogP contribution in [0.15, 0.2) is 67.3 Å². The zero-order valence-corrected chi connectivity index (χ0v) is 19.8. The Kier molecular flexibility index (Phi) is 6.49. The molecule has 1 aliphatic heterocycles. The van der Waals surface area contributed by atoms with E-state index in [4.69, 9.17) is 4.74 Å². The fourth-order valence-corrected chi connectivity index (χ4v) is 4.54. The van der Waals surface area contributed by atoms with Gasteiger partial charge < -0.3 is 9.64 Å². The number of alkyl halides is 3. The first kappa shape index (κ1) is 24.3. The van der Waals surface area contributed by atoms with Gasteiger partial charge in [-0.25, -0.2) is 15.0 Å². The van der Waals surface area contributed by atoms with Crippen molar-refractivity contribution in [2.45, 2.75) is 32.0 Å². The summed E-state index contributed by atoms with van der Waals surface area (Å²) in [6, 6.07) is 12.6. The topological polar surface area (TPSA) is 68.2 Å². The number of rotatable bonds is 4. The number of ether oxygens (including phenoxy) is 1. The lowest BCUT2D eigenvalue weighted by atomic mass is 9.95. The largest absolute Gasteiger partial charge is 0.439 e. The number of nitrogens with zero attached hydrogens (tertiary/aromatic N) is 4. The minimum atomic E-state index is -4.48. The van der Waals surface area contributed by atoms with E-state index in [0.29, 0.717) is 12.3 Å². The minimum absolute atomic E-state index is 0.145. The van der Waals surface area contributed by atoms with E-state index in [1.54, 1.807) is 30.2 Å². The van der Waals surface area contributed by atoms with Crippen LogP contribution in [0.4, 0.5) is 13.2 Å². The maximum Gasteiger partial charge on any atom is 0.416 e. The zero-order valence-electron chi connectivity index (χ0n) is 19.8. The molecule has 1 fully saturated rings. The van der Waals surface area contributed by atoms with Crippen molar-refractivity contribution in [3.8, 4) is 34.6 Å². The smallest absolute Gasteiger partial charge is 0.416 e. The van der Waals surface area contributed by atoms with Gasteiger partial charge in [0.2, 0.25) is 5.88 Å². The summed E-state index contributed by atoms with van der Waals surface area (Å²) in [5, 5.41) is 0.837. The third kappa shape index (κ3) is 5.09. The van der Waals surface area contributed by atoms with Gasteiger partial charge in [-0.15, -0.1) is 0 Å². The lowest BCUT2D eigenvalue weighted by Crippen LogP contribution is -2.29. The van der Waals surface area contributed by atoms with Crippen LogP contribution >= 0.6 is 0 Å². The summed E-state index contributed by atoms with van der Waals surface area (Å²) in [6.45, 7) is 2.27. The highest BCUT2D eigenvalue weighted by molar-refractivity contribution is 5.95. The Labute approximate surface area is 211 Å². The molecule has 9 heteroatoms. The third-order valence-corrected chi connectivity index (χ3v) is 6.21. The van der Waals surface area contributed by atoms with Crippen LogP contribution in [0, 0.1) is 11.8 Å². The van der Waals surface area contributed by atoms with Crippen LogP contribution < -0.4 is 4.74 Å². The molecule has 0 spiro atoms. The normalized spacial score (nSPS) is 15.4. The van der Waals surface area contributed by atoms with Crippen LogP contribution in [0.1, 0.15) is 36.9 Å². The number of benzene rings is 2. The molecule has 0 aliphatic carbocycles. The molecule has 37 heavy (non-hydrogen) atoms. The molecule has 1 aliphatic rings. The lowest BCUT2D eigenvalue weighted by Gasteiger charge is -2.24. The second kappa shape index (κ2) is 9.90. The van der Waals surface area contributed by atoms with Crippen molar-refractivity contribution in [1.29, 1.82) is 0 Å². The number of aromatic nitrogens is 3. The number of pyridine rings is 1. The second-order valence-corrected chi connectivity index (χ2v) is 8.56. The molecule has 0 saturated carbocycles. The summed E-state index contributed by atoms with van der Waals surface area (Å²) in [6.07, 6.45) is 1.48. The first-order valence-corrected chi connectivity index (χ1v) is 11.6. The Morgan fingerprint density at radius 3 is 2.65 bits per heavy atom. The van der Waals surface area contributed by atoms with E-state index in [2.05, 4.69) is 26.8 Å². The number of halogens is 3. The van der Waals surface area contributed by atoms with Gasteiger partial charge in [-0.05, 0) is 67.1 Å². The summed E-state index contributed by atoms with van der Waals surface area (Å²) in [5.41, 5.74) is 2.63. The molecule has 4 aromatic rings. The van der Waals surface area contributed by atoms with Crippen molar-refractivity contribution in [2.75, 3.05) is 6.54 Å². The van der Waals surface area contributed by atoms with Gasteiger partial charge in [0.1, 0.15) is 12.1 Å². The molecule has 0 radical (unpaired) electrons. The van der Waals surface area contributed by atoms with Crippen molar-refractivity contribution in [1.82, 2.24) is 19.9 Å². The standard InChI is InChI=1S/C28H21F3N4O2/c1-2-4-26(36)35-12-3-5-24(35)23-14-19(13-20-16-32-17-34-27(20)23)18-6-8-22(9-7-18)37-25-15-21(10-11-33-25)28(29,30)31/h6-11,13-17,24H,3,5,12H2,1H3. The molecule has 0 N–H and O–H groups in total. The molecule has 6 nitrogen and oxygen atoms in total. The zero-order chi connectivity index (χ0) is 26.0.